The molecule has 1 saturated heterocycles. The summed E-state index contributed by atoms with van der Waals surface area (Å²) in [6, 6.07) is 0. The van der Waals surface area contributed by atoms with Crippen LogP contribution in [0.1, 0.15) is 40.5 Å². The topological polar surface area (TPSA) is 20.2 Å². The Morgan fingerprint density at radius 1 is 1.09 bits per heavy atom. The first-order valence-electron chi connectivity index (χ1n) is 4.28. The molecule has 1 nitrogen and oxygen atoms in total. The van der Waals surface area contributed by atoms with Crippen molar-refractivity contribution in [2.75, 3.05) is 0 Å². The van der Waals surface area contributed by atoms with E-state index < -0.39 is 0 Å². The molecule has 0 aromatic carbocycles. The smallest absolute Gasteiger partial charge is 0.0557 e. The highest BCUT2D eigenvalue weighted by atomic mass is 31.1. The number of hydrogen-bond acceptors (Lipinski definition) is 1. The SMILES string of the molecule is CC1(C)CC(O)CC(C)(C)P1. The van der Waals surface area contributed by atoms with Crippen LogP contribution in [0.3, 0.4) is 0 Å². The van der Waals surface area contributed by atoms with Gasteiger partial charge in [0.15, 0.2) is 0 Å². The van der Waals surface area contributed by atoms with Crippen LogP contribution in [0.2, 0.25) is 0 Å². The summed E-state index contributed by atoms with van der Waals surface area (Å²) in [4.78, 5) is 0. The van der Waals surface area contributed by atoms with Crippen molar-refractivity contribution in [3.63, 3.8) is 0 Å². The lowest BCUT2D eigenvalue weighted by Crippen LogP contribution is -2.37. The van der Waals surface area contributed by atoms with Crippen LogP contribution in [-0.2, 0) is 0 Å². The van der Waals surface area contributed by atoms with Gasteiger partial charge in [-0.15, -0.1) is 8.58 Å². The number of hydrogen-bond donors (Lipinski definition) is 1. The van der Waals surface area contributed by atoms with E-state index in [-0.39, 0.29) is 6.10 Å². The van der Waals surface area contributed by atoms with Gasteiger partial charge in [0, 0.05) is 0 Å². The molecule has 1 aliphatic rings. The summed E-state index contributed by atoms with van der Waals surface area (Å²) in [5.74, 6) is 0. The molecule has 1 N–H and O–H groups in total. The quantitative estimate of drug-likeness (QED) is 0.559. The van der Waals surface area contributed by atoms with Gasteiger partial charge in [-0.3, -0.25) is 0 Å². The Kier molecular flexibility index (Phi) is 2.33. The molecule has 0 aliphatic carbocycles. The first-order valence-corrected chi connectivity index (χ1v) is 5.28. The summed E-state index contributed by atoms with van der Waals surface area (Å²) in [5, 5.41) is 10.3. The van der Waals surface area contributed by atoms with Gasteiger partial charge < -0.3 is 5.11 Å². The molecule has 0 saturated carbocycles. The summed E-state index contributed by atoms with van der Waals surface area (Å²) in [5.41, 5.74) is 0. The molecule has 0 bridgehead atoms. The van der Waals surface area contributed by atoms with Crippen LogP contribution >= 0.6 is 8.58 Å². The second-order valence-corrected chi connectivity index (χ2v) is 7.91. The van der Waals surface area contributed by atoms with Crippen molar-refractivity contribution < 1.29 is 5.11 Å². The molecule has 11 heavy (non-hydrogen) atoms. The van der Waals surface area contributed by atoms with E-state index in [0.717, 1.165) is 21.4 Å². The maximum Gasteiger partial charge on any atom is 0.0557 e. The van der Waals surface area contributed by atoms with Gasteiger partial charge >= 0.3 is 0 Å². The average molecular weight is 174 g/mol. The third-order valence-electron chi connectivity index (χ3n) is 2.17. The van der Waals surface area contributed by atoms with Gasteiger partial charge in [-0.25, -0.2) is 0 Å². The first kappa shape index (κ1) is 9.48. The largest absolute Gasteiger partial charge is 0.393 e. The van der Waals surface area contributed by atoms with Gasteiger partial charge in [0.25, 0.3) is 0 Å². The molecule has 1 heterocycles. The van der Waals surface area contributed by atoms with E-state index in [4.69, 9.17) is 0 Å². The molecule has 0 spiro atoms. The van der Waals surface area contributed by atoms with E-state index in [1.807, 2.05) is 0 Å². The summed E-state index contributed by atoms with van der Waals surface area (Å²) in [6.45, 7) is 9.04. The Morgan fingerprint density at radius 2 is 1.45 bits per heavy atom. The molecule has 0 unspecified atom stereocenters. The summed E-state index contributed by atoms with van der Waals surface area (Å²) in [6.07, 6.45) is 1.89. The Balaban J connectivity index is 2.66. The minimum atomic E-state index is -0.0683. The van der Waals surface area contributed by atoms with Crippen LogP contribution in [-0.4, -0.2) is 21.5 Å². The van der Waals surface area contributed by atoms with Crippen LogP contribution in [0.25, 0.3) is 0 Å². The van der Waals surface area contributed by atoms with E-state index in [9.17, 15) is 5.11 Å². The molecule has 66 valence electrons. The normalized spacial score (nSPS) is 37.4. The fourth-order valence-electron chi connectivity index (χ4n) is 2.27. The molecule has 1 rings (SSSR count). The van der Waals surface area contributed by atoms with Gasteiger partial charge in [-0.05, 0) is 23.2 Å². The lowest BCUT2D eigenvalue weighted by molar-refractivity contribution is 0.126. The second-order valence-electron chi connectivity index (χ2n) is 4.95. The van der Waals surface area contributed by atoms with Crippen molar-refractivity contribution in [3.05, 3.63) is 0 Å². The van der Waals surface area contributed by atoms with Gasteiger partial charge in [-0.1, -0.05) is 27.7 Å². The number of aliphatic hydroxyl groups is 1. The van der Waals surface area contributed by atoms with E-state index in [0.29, 0.717) is 10.3 Å². The van der Waals surface area contributed by atoms with E-state index in [2.05, 4.69) is 27.7 Å². The fraction of sp³-hybridized carbons (Fsp3) is 1.00. The Hall–Kier alpha value is 0.390. The first-order chi connectivity index (χ1) is 4.81. The number of rotatable bonds is 0. The minimum absolute atomic E-state index is 0.0683. The summed E-state index contributed by atoms with van der Waals surface area (Å²) in [7, 11) is 0.981. The molecule has 0 amide bonds. The predicted molar refractivity (Wildman–Crippen MR) is 51.7 cm³/mol. The van der Waals surface area contributed by atoms with Crippen LogP contribution in [0.15, 0.2) is 0 Å². The summed E-state index contributed by atoms with van der Waals surface area (Å²) >= 11 is 0. The molecule has 2 heteroatoms. The maximum absolute atomic E-state index is 9.58. The lowest BCUT2D eigenvalue weighted by Gasteiger charge is -2.43. The molecular weight excluding hydrogens is 155 g/mol. The zero-order chi connectivity index (χ0) is 8.70. The van der Waals surface area contributed by atoms with Crippen LogP contribution in [0.4, 0.5) is 0 Å². The molecule has 1 fully saturated rings. The third-order valence-corrected chi connectivity index (χ3v) is 3.93. The molecule has 0 aromatic rings. The van der Waals surface area contributed by atoms with Crippen molar-refractivity contribution in [1.82, 2.24) is 0 Å². The Bertz CT molecular complexity index is 136. The molecular formula is C9H19OP. The highest BCUT2D eigenvalue weighted by molar-refractivity contribution is 7.41. The monoisotopic (exact) mass is 174 g/mol. The van der Waals surface area contributed by atoms with E-state index in [1.165, 1.54) is 0 Å². The third kappa shape index (κ3) is 2.72. The molecule has 0 aromatic heterocycles. The van der Waals surface area contributed by atoms with Crippen LogP contribution in [0, 0.1) is 0 Å². The van der Waals surface area contributed by atoms with Crippen LogP contribution < -0.4 is 0 Å². The molecule has 0 atom stereocenters. The average Bonchev–Trinajstić information content (AvgIpc) is 1.49. The van der Waals surface area contributed by atoms with Crippen molar-refractivity contribution in [3.8, 4) is 0 Å². The highest BCUT2D eigenvalue weighted by Gasteiger charge is 2.37. The minimum Gasteiger partial charge on any atom is -0.393 e. The predicted octanol–water partition coefficient (Wildman–Crippen LogP) is 2.38. The van der Waals surface area contributed by atoms with Gasteiger partial charge in [0.2, 0.25) is 0 Å². The van der Waals surface area contributed by atoms with Gasteiger partial charge in [0.05, 0.1) is 6.10 Å². The van der Waals surface area contributed by atoms with Gasteiger partial charge in [-0.2, -0.15) is 0 Å². The summed E-state index contributed by atoms with van der Waals surface area (Å²) < 4.78 is 0. The maximum atomic E-state index is 9.58. The van der Waals surface area contributed by atoms with Crippen molar-refractivity contribution >= 4 is 8.58 Å². The van der Waals surface area contributed by atoms with Gasteiger partial charge in [0.1, 0.15) is 0 Å². The van der Waals surface area contributed by atoms with Crippen LogP contribution in [0.5, 0.6) is 0 Å². The zero-order valence-electron chi connectivity index (χ0n) is 7.94. The lowest BCUT2D eigenvalue weighted by atomic mass is 9.95. The Labute approximate surface area is 71.4 Å². The highest BCUT2D eigenvalue weighted by Crippen LogP contribution is 2.52. The number of aliphatic hydroxyl groups excluding tert-OH is 1. The van der Waals surface area contributed by atoms with E-state index >= 15 is 0 Å². The van der Waals surface area contributed by atoms with E-state index in [1.54, 1.807) is 0 Å². The van der Waals surface area contributed by atoms with Crippen molar-refractivity contribution in [2.24, 2.45) is 0 Å². The van der Waals surface area contributed by atoms with Crippen molar-refractivity contribution in [2.45, 2.75) is 57.0 Å². The fourth-order valence-corrected chi connectivity index (χ4v) is 4.78. The second kappa shape index (κ2) is 2.71. The standard InChI is InChI=1S/C9H19OP/c1-8(2)5-7(10)6-9(3,4)11-8/h7,10-11H,5-6H2,1-4H3. The molecule has 0 radical (unpaired) electrons. The Morgan fingerprint density at radius 3 is 1.73 bits per heavy atom. The molecule has 1 aliphatic heterocycles. The van der Waals surface area contributed by atoms with Crippen molar-refractivity contribution in [1.29, 1.82) is 0 Å². The zero-order valence-corrected chi connectivity index (χ0v) is 8.94.